The van der Waals surface area contributed by atoms with Gasteiger partial charge in [-0.25, -0.2) is 13.1 Å². The van der Waals surface area contributed by atoms with Crippen LogP contribution in [-0.4, -0.2) is 26.7 Å². The van der Waals surface area contributed by atoms with E-state index in [0.29, 0.717) is 29.6 Å². The maximum absolute atomic E-state index is 12.4. The Morgan fingerprint density at radius 3 is 2.75 bits per heavy atom. The van der Waals surface area contributed by atoms with Crippen molar-refractivity contribution in [1.29, 1.82) is 0 Å². The number of sulfonamides is 1. The fourth-order valence-electron chi connectivity index (χ4n) is 2.29. The van der Waals surface area contributed by atoms with E-state index in [0.717, 1.165) is 0 Å². The Labute approximate surface area is 128 Å². The van der Waals surface area contributed by atoms with Crippen LogP contribution in [0.1, 0.15) is 26.7 Å². The zero-order valence-electron chi connectivity index (χ0n) is 11.5. The molecular formula is C13H19BrN2O3S. The van der Waals surface area contributed by atoms with E-state index in [1.807, 2.05) is 13.8 Å². The highest BCUT2D eigenvalue weighted by molar-refractivity contribution is 9.10. The molecule has 5 nitrogen and oxygen atoms in total. The van der Waals surface area contributed by atoms with Crippen LogP contribution >= 0.6 is 15.9 Å². The summed E-state index contributed by atoms with van der Waals surface area (Å²) in [6, 6.07) is 4.49. The van der Waals surface area contributed by atoms with Crippen molar-refractivity contribution in [2.45, 2.75) is 43.2 Å². The predicted octanol–water partition coefficient (Wildman–Crippen LogP) is 2.27. The molecule has 1 fully saturated rings. The summed E-state index contributed by atoms with van der Waals surface area (Å²) in [5, 5.41) is 0. The molecule has 1 aromatic rings. The maximum Gasteiger partial charge on any atom is 0.240 e. The van der Waals surface area contributed by atoms with Gasteiger partial charge in [-0.2, -0.15) is 0 Å². The summed E-state index contributed by atoms with van der Waals surface area (Å²) in [5.74, 6) is 0. The molecule has 0 aromatic heterocycles. The molecule has 112 valence electrons. The van der Waals surface area contributed by atoms with Gasteiger partial charge in [0.1, 0.15) is 0 Å². The fraction of sp³-hybridized carbons (Fsp3) is 0.538. The van der Waals surface area contributed by atoms with Crippen LogP contribution in [-0.2, 0) is 14.8 Å². The smallest absolute Gasteiger partial charge is 0.240 e. The standard InChI is InChI=1S/C13H19BrN2O3S/c1-13(2)8-9(5-6-19-13)16-20(17,18)10-3-4-12(15)11(14)7-10/h3-4,7,9,16H,5-6,8,15H2,1-2H3. The maximum atomic E-state index is 12.4. The van der Waals surface area contributed by atoms with E-state index in [-0.39, 0.29) is 16.5 Å². The summed E-state index contributed by atoms with van der Waals surface area (Å²) in [6.07, 6.45) is 1.33. The second kappa shape index (κ2) is 5.63. The average Bonchev–Trinajstić information content (AvgIpc) is 2.30. The van der Waals surface area contributed by atoms with E-state index in [1.165, 1.54) is 12.1 Å². The van der Waals surface area contributed by atoms with Gasteiger partial charge in [0.05, 0.1) is 10.5 Å². The first kappa shape index (κ1) is 15.8. The molecule has 1 aromatic carbocycles. The van der Waals surface area contributed by atoms with E-state index < -0.39 is 10.0 Å². The van der Waals surface area contributed by atoms with Crippen molar-refractivity contribution in [1.82, 2.24) is 4.72 Å². The number of nitrogens with one attached hydrogen (secondary N) is 1. The van der Waals surface area contributed by atoms with Crippen LogP contribution in [0.3, 0.4) is 0 Å². The summed E-state index contributed by atoms with van der Waals surface area (Å²) < 4.78 is 33.6. The van der Waals surface area contributed by atoms with Gasteiger partial charge >= 0.3 is 0 Å². The van der Waals surface area contributed by atoms with E-state index in [4.69, 9.17) is 10.5 Å². The number of ether oxygens (including phenoxy) is 1. The Morgan fingerprint density at radius 2 is 2.15 bits per heavy atom. The van der Waals surface area contributed by atoms with E-state index in [2.05, 4.69) is 20.7 Å². The van der Waals surface area contributed by atoms with Crippen LogP contribution in [0.2, 0.25) is 0 Å². The van der Waals surface area contributed by atoms with Gasteiger partial charge in [-0.15, -0.1) is 0 Å². The van der Waals surface area contributed by atoms with E-state index >= 15 is 0 Å². The summed E-state index contributed by atoms with van der Waals surface area (Å²) in [4.78, 5) is 0.211. The summed E-state index contributed by atoms with van der Waals surface area (Å²) in [7, 11) is -3.54. The fourth-order valence-corrected chi connectivity index (χ4v) is 4.12. The Morgan fingerprint density at radius 1 is 1.45 bits per heavy atom. The molecule has 1 aliphatic rings. The quantitative estimate of drug-likeness (QED) is 0.808. The van der Waals surface area contributed by atoms with Crippen molar-refractivity contribution in [3.8, 4) is 0 Å². The first-order chi connectivity index (χ1) is 9.20. The number of nitrogens with two attached hydrogens (primary N) is 1. The molecular weight excluding hydrogens is 344 g/mol. The van der Waals surface area contributed by atoms with E-state index in [1.54, 1.807) is 6.07 Å². The lowest BCUT2D eigenvalue weighted by Gasteiger charge is -2.35. The lowest BCUT2D eigenvalue weighted by molar-refractivity contribution is -0.0599. The third-order valence-electron chi connectivity index (χ3n) is 3.30. The molecule has 1 atom stereocenters. The number of anilines is 1. The van der Waals surface area contributed by atoms with E-state index in [9.17, 15) is 8.42 Å². The highest BCUT2D eigenvalue weighted by atomic mass is 79.9. The Kier molecular flexibility index (Phi) is 4.44. The van der Waals surface area contributed by atoms with Crippen molar-refractivity contribution in [2.75, 3.05) is 12.3 Å². The monoisotopic (exact) mass is 362 g/mol. The number of hydrogen-bond donors (Lipinski definition) is 2. The molecule has 1 heterocycles. The van der Waals surface area contributed by atoms with Crippen molar-refractivity contribution in [3.05, 3.63) is 22.7 Å². The molecule has 3 N–H and O–H groups in total. The van der Waals surface area contributed by atoms with Crippen LogP contribution in [0, 0.1) is 0 Å². The predicted molar refractivity (Wildman–Crippen MR) is 81.9 cm³/mol. The lowest BCUT2D eigenvalue weighted by Crippen LogP contribution is -2.45. The van der Waals surface area contributed by atoms with Crippen LogP contribution in [0.25, 0.3) is 0 Å². The zero-order chi connectivity index (χ0) is 15.0. The SMILES string of the molecule is CC1(C)CC(NS(=O)(=O)c2ccc(N)c(Br)c2)CCO1. The molecule has 7 heteroatoms. The van der Waals surface area contributed by atoms with Gasteiger partial charge in [-0.1, -0.05) is 0 Å². The van der Waals surface area contributed by atoms with Gasteiger partial charge in [-0.3, -0.25) is 0 Å². The number of benzene rings is 1. The van der Waals surface area contributed by atoms with Crippen molar-refractivity contribution >= 4 is 31.6 Å². The normalized spacial score (nSPS) is 22.6. The summed E-state index contributed by atoms with van der Waals surface area (Å²) in [5.41, 5.74) is 5.89. The molecule has 0 bridgehead atoms. The molecule has 1 unspecified atom stereocenters. The molecule has 20 heavy (non-hydrogen) atoms. The molecule has 2 rings (SSSR count). The number of hydrogen-bond acceptors (Lipinski definition) is 4. The Bertz CT molecular complexity index is 602. The number of rotatable bonds is 3. The summed E-state index contributed by atoms with van der Waals surface area (Å²) >= 11 is 3.24. The molecule has 1 aliphatic heterocycles. The molecule has 0 radical (unpaired) electrons. The highest BCUT2D eigenvalue weighted by Crippen LogP contribution is 2.27. The van der Waals surface area contributed by atoms with Crippen LogP contribution in [0.4, 0.5) is 5.69 Å². The van der Waals surface area contributed by atoms with Crippen LogP contribution in [0.5, 0.6) is 0 Å². The molecule has 1 saturated heterocycles. The molecule has 0 aliphatic carbocycles. The second-order valence-corrected chi connectivity index (χ2v) is 8.17. The van der Waals surface area contributed by atoms with Gasteiger partial charge < -0.3 is 10.5 Å². The highest BCUT2D eigenvalue weighted by Gasteiger charge is 2.31. The van der Waals surface area contributed by atoms with Gasteiger partial charge in [0, 0.05) is 22.8 Å². The minimum atomic E-state index is -3.54. The topological polar surface area (TPSA) is 81.4 Å². The van der Waals surface area contributed by atoms with Crippen molar-refractivity contribution < 1.29 is 13.2 Å². The third-order valence-corrected chi connectivity index (χ3v) is 5.51. The first-order valence-corrected chi connectivity index (χ1v) is 8.68. The number of nitrogen functional groups attached to an aromatic ring is 1. The van der Waals surface area contributed by atoms with Crippen molar-refractivity contribution in [2.24, 2.45) is 0 Å². The molecule has 0 saturated carbocycles. The minimum Gasteiger partial charge on any atom is -0.398 e. The Hall–Kier alpha value is -0.630. The van der Waals surface area contributed by atoms with Gasteiger partial charge in [0.15, 0.2) is 0 Å². The van der Waals surface area contributed by atoms with Crippen LogP contribution < -0.4 is 10.5 Å². The third kappa shape index (κ3) is 3.72. The molecule has 0 spiro atoms. The lowest BCUT2D eigenvalue weighted by atomic mass is 9.95. The van der Waals surface area contributed by atoms with Gasteiger partial charge in [-0.05, 0) is 60.8 Å². The summed E-state index contributed by atoms with van der Waals surface area (Å²) in [6.45, 7) is 4.49. The Balaban J connectivity index is 2.16. The second-order valence-electron chi connectivity index (χ2n) is 5.60. The van der Waals surface area contributed by atoms with Crippen molar-refractivity contribution in [3.63, 3.8) is 0 Å². The van der Waals surface area contributed by atoms with Crippen LogP contribution in [0.15, 0.2) is 27.6 Å². The largest absolute Gasteiger partial charge is 0.398 e. The average molecular weight is 363 g/mol. The first-order valence-electron chi connectivity index (χ1n) is 6.41. The minimum absolute atomic E-state index is 0.111. The van der Waals surface area contributed by atoms with Gasteiger partial charge in [0.2, 0.25) is 10.0 Å². The van der Waals surface area contributed by atoms with Gasteiger partial charge in [0.25, 0.3) is 0 Å². The number of halogens is 1. The zero-order valence-corrected chi connectivity index (χ0v) is 13.9. The molecule has 0 amide bonds.